The predicted octanol–water partition coefficient (Wildman–Crippen LogP) is 3.40. The van der Waals surface area contributed by atoms with Gasteiger partial charge in [-0.25, -0.2) is 4.98 Å². The quantitative estimate of drug-likeness (QED) is 0.596. The smallest absolute Gasteiger partial charge is 0.316 e. The summed E-state index contributed by atoms with van der Waals surface area (Å²) in [7, 11) is 3.96. The number of carbonyl (C=O) groups is 1. The van der Waals surface area contributed by atoms with Crippen LogP contribution in [0.2, 0.25) is 0 Å². The van der Waals surface area contributed by atoms with Crippen molar-refractivity contribution >= 4 is 11.6 Å². The van der Waals surface area contributed by atoms with Crippen LogP contribution in [0.25, 0.3) is 11.3 Å². The topological polar surface area (TPSA) is 99.0 Å². The Kier molecular flexibility index (Phi) is 6.46. The maximum Gasteiger partial charge on any atom is 0.316 e. The number of anilines is 1. The van der Waals surface area contributed by atoms with Crippen LogP contribution in [0.1, 0.15) is 27.9 Å². The maximum atomic E-state index is 13.1. The summed E-state index contributed by atoms with van der Waals surface area (Å²) in [5.41, 5.74) is 4.69. The number of hydrogen-bond acceptors (Lipinski definition) is 7. The number of aromatic hydroxyl groups is 2. The summed E-state index contributed by atoms with van der Waals surface area (Å²) in [4.78, 5) is 25.8. The number of phenolic OH excluding ortho intramolecular Hbond substituents is 2. The molecular formula is C25H28N4O4. The van der Waals surface area contributed by atoms with Crippen LogP contribution < -0.4 is 9.64 Å². The van der Waals surface area contributed by atoms with Crippen molar-refractivity contribution in [3.8, 4) is 28.8 Å². The fraction of sp³-hybridized carbons (Fsp3) is 0.320. The molecule has 33 heavy (non-hydrogen) atoms. The second-order valence-corrected chi connectivity index (χ2v) is 8.44. The highest BCUT2D eigenvalue weighted by atomic mass is 16.5. The fourth-order valence-electron chi connectivity index (χ4n) is 3.91. The predicted molar refractivity (Wildman–Crippen MR) is 126 cm³/mol. The molecule has 3 aromatic rings. The lowest BCUT2D eigenvalue weighted by molar-refractivity contribution is 0.0982. The van der Waals surface area contributed by atoms with Gasteiger partial charge in [0.15, 0.2) is 0 Å². The van der Waals surface area contributed by atoms with E-state index >= 15 is 0 Å². The normalized spacial score (nSPS) is 13.2. The van der Waals surface area contributed by atoms with Gasteiger partial charge < -0.3 is 24.7 Å². The monoisotopic (exact) mass is 448 g/mol. The number of amides is 1. The van der Waals surface area contributed by atoms with Crippen molar-refractivity contribution in [3.05, 3.63) is 59.3 Å². The summed E-state index contributed by atoms with van der Waals surface area (Å²) >= 11 is 0. The van der Waals surface area contributed by atoms with Gasteiger partial charge in [0.25, 0.3) is 5.91 Å². The Morgan fingerprint density at radius 1 is 1.18 bits per heavy atom. The molecule has 0 saturated heterocycles. The minimum absolute atomic E-state index is 0.0852. The van der Waals surface area contributed by atoms with Crippen LogP contribution >= 0.6 is 0 Å². The van der Waals surface area contributed by atoms with Gasteiger partial charge in [-0.2, -0.15) is 4.98 Å². The molecule has 1 aliphatic rings. The van der Waals surface area contributed by atoms with Crippen molar-refractivity contribution in [2.24, 2.45) is 0 Å². The standard InChI is InChI=1S/C25H28N4O4/c1-16-15-26-25(33-12-11-28(2)3)27-23(16)18-6-9-21-17(13-18)5-4-10-29(21)24(32)20-8-7-19(30)14-22(20)31/h6-9,13-15,30-31H,4-5,10-12H2,1-3H3. The first-order valence-corrected chi connectivity index (χ1v) is 10.9. The highest BCUT2D eigenvalue weighted by Crippen LogP contribution is 2.34. The highest BCUT2D eigenvalue weighted by Gasteiger charge is 2.26. The van der Waals surface area contributed by atoms with Crippen molar-refractivity contribution in [2.45, 2.75) is 19.8 Å². The lowest BCUT2D eigenvalue weighted by atomic mass is 9.96. The third kappa shape index (κ3) is 4.90. The van der Waals surface area contributed by atoms with Crippen LogP contribution in [-0.2, 0) is 6.42 Å². The second-order valence-electron chi connectivity index (χ2n) is 8.44. The SMILES string of the molecule is Cc1cnc(OCCN(C)C)nc1-c1ccc2c(c1)CCCN2C(=O)c1ccc(O)cc1O. The Hall–Kier alpha value is -3.65. The zero-order chi connectivity index (χ0) is 23.5. The number of likely N-dealkylation sites (N-methyl/N-ethyl adjacent to an activating group) is 1. The van der Waals surface area contributed by atoms with Gasteiger partial charge in [0.05, 0.1) is 11.3 Å². The first-order chi connectivity index (χ1) is 15.8. The number of carbonyl (C=O) groups excluding carboxylic acids is 1. The molecule has 1 amide bonds. The van der Waals surface area contributed by atoms with Crippen molar-refractivity contribution in [2.75, 3.05) is 38.7 Å². The van der Waals surface area contributed by atoms with Crippen LogP contribution in [0, 0.1) is 6.92 Å². The minimum atomic E-state index is -0.295. The van der Waals surface area contributed by atoms with Crippen LogP contribution in [0.3, 0.4) is 0 Å². The molecule has 2 heterocycles. The molecule has 2 N–H and O–H groups in total. The third-order valence-corrected chi connectivity index (χ3v) is 5.65. The van der Waals surface area contributed by atoms with Gasteiger partial charge in [0.2, 0.25) is 0 Å². The van der Waals surface area contributed by atoms with Crippen LogP contribution in [0.15, 0.2) is 42.6 Å². The number of aryl methyl sites for hydroxylation is 2. The maximum absolute atomic E-state index is 13.1. The van der Waals surface area contributed by atoms with E-state index in [1.807, 2.05) is 38.1 Å². The summed E-state index contributed by atoms with van der Waals surface area (Å²) in [6, 6.07) is 10.3. The van der Waals surface area contributed by atoms with Gasteiger partial charge in [-0.1, -0.05) is 6.07 Å². The van der Waals surface area contributed by atoms with Crippen molar-refractivity contribution in [3.63, 3.8) is 0 Å². The molecule has 0 saturated carbocycles. The summed E-state index contributed by atoms with van der Waals surface area (Å²) in [5, 5.41) is 19.7. The fourth-order valence-corrected chi connectivity index (χ4v) is 3.91. The zero-order valence-corrected chi connectivity index (χ0v) is 19.1. The van der Waals surface area contributed by atoms with Crippen LogP contribution in [-0.4, -0.2) is 64.8 Å². The largest absolute Gasteiger partial charge is 0.508 e. The molecule has 0 bridgehead atoms. The lowest BCUT2D eigenvalue weighted by Gasteiger charge is -2.30. The summed E-state index contributed by atoms with van der Waals surface area (Å²) in [5.74, 6) is -0.615. The Morgan fingerprint density at radius 2 is 2.00 bits per heavy atom. The molecule has 1 aromatic heterocycles. The highest BCUT2D eigenvalue weighted by molar-refractivity contribution is 6.08. The molecule has 1 aliphatic heterocycles. The van der Waals surface area contributed by atoms with E-state index in [1.54, 1.807) is 11.1 Å². The molecule has 4 rings (SSSR count). The summed E-state index contributed by atoms with van der Waals surface area (Å²) in [6.45, 7) is 3.79. The van der Waals surface area contributed by atoms with E-state index in [1.165, 1.54) is 18.2 Å². The molecule has 0 spiro atoms. The van der Waals surface area contributed by atoms with Gasteiger partial charge >= 0.3 is 6.01 Å². The average Bonchev–Trinajstić information content (AvgIpc) is 2.79. The molecule has 8 nitrogen and oxygen atoms in total. The number of rotatable bonds is 6. The van der Waals surface area contributed by atoms with Crippen molar-refractivity contribution in [1.29, 1.82) is 0 Å². The first kappa shape index (κ1) is 22.5. The van der Waals surface area contributed by atoms with E-state index in [2.05, 4.69) is 16.0 Å². The van der Waals surface area contributed by atoms with Crippen molar-refractivity contribution in [1.82, 2.24) is 14.9 Å². The van der Waals surface area contributed by atoms with E-state index in [0.717, 1.165) is 47.5 Å². The average molecular weight is 449 g/mol. The molecular weight excluding hydrogens is 420 g/mol. The molecule has 8 heteroatoms. The number of aromatic nitrogens is 2. The van der Waals surface area contributed by atoms with Crippen LogP contribution in [0.5, 0.6) is 17.5 Å². The number of nitrogens with zero attached hydrogens (tertiary/aromatic N) is 4. The minimum Gasteiger partial charge on any atom is -0.508 e. The number of hydrogen-bond donors (Lipinski definition) is 2. The molecule has 2 aromatic carbocycles. The van der Waals surface area contributed by atoms with Gasteiger partial charge in [0, 0.05) is 36.6 Å². The molecule has 172 valence electrons. The van der Waals surface area contributed by atoms with Crippen molar-refractivity contribution < 1.29 is 19.7 Å². The lowest BCUT2D eigenvalue weighted by Crippen LogP contribution is -2.35. The van der Waals surface area contributed by atoms with Gasteiger partial charge in [-0.05, 0) is 69.3 Å². The van der Waals surface area contributed by atoms with E-state index in [4.69, 9.17) is 4.74 Å². The summed E-state index contributed by atoms with van der Waals surface area (Å²) < 4.78 is 5.71. The van der Waals surface area contributed by atoms with E-state index in [9.17, 15) is 15.0 Å². The summed E-state index contributed by atoms with van der Waals surface area (Å²) in [6.07, 6.45) is 3.41. The molecule has 0 atom stereocenters. The third-order valence-electron chi connectivity index (χ3n) is 5.65. The van der Waals surface area contributed by atoms with Crippen LogP contribution in [0.4, 0.5) is 5.69 Å². The van der Waals surface area contributed by atoms with E-state index in [0.29, 0.717) is 19.2 Å². The van der Waals surface area contributed by atoms with E-state index < -0.39 is 0 Å². The number of ether oxygens (including phenoxy) is 1. The Morgan fingerprint density at radius 3 is 2.76 bits per heavy atom. The number of phenols is 2. The van der Waals surface area contributed by atoms with Gasteiger partial charge in [-0.15, -0.1) is 0 Å². The molecule has 0 radical (unpaired) electrons. The molecule has 0 aliphatic carbocycles. The van der Waals surface area contributed by atoms with Gasteiger partial charge in [0.1, 0.15) is 18.1 Å². The zero-order valence-electron chi connectivity index (χ0n) is 19.1. The van der Waals surface area contributed by atoms with E-state index in [-0.39, 0.29) is 23.0 Å². The first-order valence-electron chi connectivity index (χ1n) is 10.9. The Balaban J connectivity index is 1.62. The Labute approximate surface area is 193 Å². The van der Waals surface area contributed by atoms with Gasteiger partial charge in [-0.3, -0.25) is 4.79 Å². The number of fused-ring (bicyclic) bond motifs is 1. The number of benzene rings is 2. The molecule has 0 fully saturated rings. The molecule has 0 unspecified atom stereocenters. The second kappa shape index (κ2) is 9.46. The Bertz CT molecular complexity index is 1180.